The molecule has 128 valence electrons. The maximum Gasteiger partial charge on any atom is 0.307 e. The molecule has 0 bridgehead atoms. The van der Waals surface area contributed by atoms with E-state index in [0.717, 1.165) is 24.2 Å². The third kappa shape index (κ3) is 5.32. The van der Waals surface area contributed by atoms with Crippen molar-refractivity contribution in [3.05, 3.63) is 57.6 Å². The van der Waals surface area contributed by atoms with Crippen LogP contribution in [0, 0.1) is 0 Å². The Morgan fingerprint density at radius 2 is 1.88 bits per heavy atom. The van der Waals surface area contributed by atoms with Crippen molar-refractivity contribution >= 4 is 34.9 Å². The van der Waals surface area contributed by atoms with Gasteiger partial charge in [-0.15, -0.1) is 0 Å². The van der Waals surface area contributed by atoms with Gasteiger partial charge < -0.3 is 15.2 Å². The monoisotopic (exact) mass is 367 g/mol. The molecular weight excluding hydrogens is 349 g/mol. The minimum Gasteiger partial charge on any atom is -0.486 e. The maximum absolute atomic E-state index is 10.8. The molecule has 0 aliphatic rings. The Hall–Kier alpha value is -1.91. The fourth-order valence-electron chi connectivity index (χ4n) is 2.22. The van der Waals surface area contributed by atoms with E-state index in [1.165, 1.54) is 0 Å². The Balaban J connectivity index is 2.07. The second kappa shape index (κ2) is 8.81. The van der Waals surface area contributed by atoms with Crippen LogP contribution < -0.4 is 10.1 Å². The van der Waals surface area contributed by atoms with Gasteiger partial charge in [-0.05, 0) is 41.8 Å². The van der Waals surface area contributed by atoms with Gasteiger partial charge in [0.25, 0.3) is 0 Å². The van der Waals surface area contributed by atoms with Crippen LogP contribution in [-0.2, 0) is 17.8 Å². The second-order valence-electron chi connectivity index (χ2n) is 5.37. The molecule has 0 saturated carbocycles. The highest BCUT2D eigenvalue weighted by molar-refractivity contribution is 6.37. The average Bonchev–Trinajstić information content (AvgIpc) is 2.52. The Bertz CT molecular complexity index is 696. The van der Waals surface area contributed by atoms with Crippen LogP contribution in [0.25, 0.3) is 0 Å². The zero-order valence-electron chi connectivity index (χ0n) is 13.3. The molecule has 0 aromatic heterocycles. The number of aliphatic carboxylic acids is 1. The summed E-state index contributed by atoms with van der Waals surface area (Å²) in [5, 5.41) is 12.8. The highest BCUT2D eigenvalue weighted by atomic mass is 35.5. The van der Waals surface area contributed by atoms with E-state index in [0.29, 0.717) is 28.0 Å². The van der Waals surface area contributed by atoms with Crippen LogP contribution in [-0.4, -0.2) is 17.6 Å². The molecule has 0 atom stereocenters. The number of ether oxygens (including phenoxy) is 1. The van der Waals surface area contributed by atoms with Crippen molar-refractivity contribution in [1.29, 1.82) is 0 Å². The molecule has 2 rings (SSSR count). The van der Waals surface area contributed by atoms with Crippen molar-refractivity contribution in [3.63, 3.8) is 0 Å². The second-order valence-corrected chi connectivity index (χ2v) is 6.19. The van der Waals surface area contributed by atoms with Gasteiger partial charge in [-0.2, -0.15) is 0 Å². The number of carbonyl (C=O) groups is 1. The fourth-order valence-corrected chi connectivity index (χ4v) is 2.86. The van der Waals surface area contributed by atoms with Crippen LogP contribution in [0.3, 0.4) is 0 Å². The van der Waals surface area contributed by atoms with E-state index >= 15 is 0 Å². The molecule has 0 aliphatic carbocycles. The van der Waals surface area contributed by atoms with Crippen molar-refractivity contribution in [2.45, 2.75) is 26.4 Å². The number of hydrogen-bond acceptors (Lipinski definition) is 3. The summed E-state index contributed by atoms with van der Waals surface area (Å²) in [6.07, 6.45) is 0.916. The highest BCUT2D eigenvalue weighted by Crippen LogP contribution is 2.35. The third-order valence-electron chi connectivity index (χ3n) is 3.30. The first-order chi connectivity index (χ1) is 11.5. The average molecular weight is 368 g/mol. The first kappa shape index (κ1) is 18.4. The first-order valence-electron chi connectivity index (χ1n) is 7.65. The van der Waals surface area contributed by atoms with Gasteiger partial charge in [0.2, 0.25) is 0 Å². The van der Waals surface area contributed by atoms with Gasteiger partial charge in [0.15, 0.2) is 5.75 Å². The quantitative estimate of drug-likeness (QED) is 0.687. The zero-order valence-corrected chi connectivity index (χ0v) is 14.8. The van der Waals surface area contributed by atoms with Gasteiger partial charge in [-0.25, -0.2) is 0 Å². The number of halogens is 2. The predicted octanol–water partition coefficient (Wildman–Crippen LogP) is 5.02. The van der Waals surface area contributed by atoms with Crippen molar-refractivity contribution in [3.8, 4) is 5.75 Å². The molecule has 0 fully saturated rings. The normalized spacial score (nSPS) is 10.5. The van der Waals surface area contributed by atoms with Gasteiger partial charge in [-0.1, -0.05) is 42.3 Å². The van der Waals surface area contributed by atoms with E-state index in [4.69, 9.17) is 33.0 Å². The lowest BCUT2D eigenvalue weighted by atomic mass is 10.1. The number of anilines is 1. The summed E-state index contributed by atoms with van der Waals surface area (Å²) in [7, 11) is 0. The van der Waals surface area contributed by atoms with E-state index in [2.05, 4.69) is 12.2 Å². The number of nitrogens with one attached hydrogen (secondary N) is 1. The van der Waals surface area contributed by atoms with Crippen LogP contribution in [0.15, 0.2) is 36.4 Å². The van der Waals surface area contributed by atoms with Crippen molar-refractivity contribution in [2.24, 2.45) is 0 Å². The largest absolute Gasteiger partial charge is 0.486 e. The minimum absolute atomic E-state index is 0.134. The molecule has 0 saturated heterocycles. The standard InChI is InChI=1S/C18H19Cl2NO3/c1-2-6-21-14-5-3-4-12(7-14)11-24-18-15(19)8-13(9-16(18)20)10-17(22)23/h3-5,7-9,21H,2,6,10-11H2,1H3,(H,22,23). The number of carboxylic acid groups (broad SMARTS) is 1. The molecule has 0 radical (unpaired) electrons. The maximum atomic E-state index is 10.8. The third-order valence-corrected chi connectivity index (χ3v) is 3.86. The summed E-state index contributed by atoms with van der Waals surface area (Å²) >= 11 is 12.3. The number of rotatable bonds is 8. The van der Waals surface area contributed by atoms with E-state index in [9.17, 15) is 4.79 Å². The molecule has 0 aliphatic heterocycles. The molecule has 0 heterocycles. The smallest absolute Gasteiger partial charge is 0.307 e. The van der Waals surface area contributed by atoms with E-state index < -0.39 is 5.97 Å². The Kier molecular flexibility index (Phi) is 6.76. The van der Waals surface area contributed by atoms with Crippen LogP contribution in [0.5, 0.6) is 5.75 Å². The van der Waals surface area contributed by atoms with E-state index in [-0.39, 0.29) is 6.42 Å². The lowest BCUT2D eigenvalue weighted by Crippen LogP contribution is -2.03. The SMILES string of the molecule is CCCNc1cccc(COc2c(Cl)cc(CC(=O)O)cc2Cl)c1. The van der Waals surface area contributed by atoms with Crippen molar-refractivity contribution in [2.75, 3.05) is 11.9 Å². The molecule has 4 nitrogen and oxygen atoms in total. The molecule has 2 aromatic carbocycles. The Labute approximate surface area is 151 Å². The molecule has 24 heavy (non-hydrogen) atoms. The zero-order chi connectivity index (χ0) is 17.5. The van der Waals surface area contributed by atoms with Crippen LogP contribution in [0.4, 0.5) is 5.69 Å². The van der Waals surface area contributed by atoms with Crippen LogP contribution in [0.1, 0.15) is 24.5 Å². The lowest BCUT2D eigenvalue weighted by molar-refractivity contribution is -0.136. The lowest BCUT2D eigenvalue weighted by Gasteiger charge is -2.12. The van der Waals surface area contributed by atoms with Gasteiger partial charge in [0.1, 0.15) is 6.61 Å². The van der Waals surface area contributed by atoms with Crippen molar-refractivity contribution < 1.29 is 14.6 Å². The molecule has 0 unspecified atom stereocenters. The Morgan fingerprint density at radius 3 is 2.50 bits per heavy atom. The van der Waals surface area contributed by atoms with Crippen LogP contribution >= 0.6 is 23.2 Å². The van der Waals surface area contributed by atoms with E-state index in [1.54, 1.807) is 12.1 Å². The van der Waals surface area contributed by atoms with Gasteiger partial charge in [0, 0.05) is 12.2 Å². The molecule has 2 aromatic rings. The summed E-state index contributed by atoms with van der Waals surface area (Å²) < 4.78 is 5.73. The number of benzene rings is 2. The molecule has 6 heteroatoms. The predicted molar refractivity (Wildman–Crippen MR) is 97.4 cm³/mol. The Morgan fingerprint density at radius 1 is 1.17 bits per heavy atom. The number of hydrogen-bond donors (Lipinski definition) is 2. The summed E-state index contributed by atoms with van der Waals surface area (Å²) in [4.78, 5) is 10.8. The van der Waals surface area contributed by atoms with Crippen molar-refractivity contribution in [1.82, 2.24) is 0 Å². The molecule has 0 spiro atoms. The molecule has 0 amide bonds. The first-order valence-corrected chi connectivity index (χ1v) is 8.40. The van der Waals surface area contributed by atoms with Gasteiger partial charge >= 0.3 is 5.97 Å². The molecular formula is C18H19Cl2NO3. The fraction of sp³-hybridized carbons (Fsp3) is 0.278. The highest BCUT2D eigenvalue weighted by Gasteiger charge is 2.12. The summed E-state index contributed by atoms with van der Waals surface area (Å²) in [5.41, 5.74) is 2.56. The topological polar surface area (TPSA) is 58.6 Å². The number of carboxylic acids is 1. The minimum atomic E-state index is -0.938. The van der Waals surface area contributed by atoms with E-state index in [1.807, 2.05) is 24.3 Å². The van der Waals surface area contributed by atoms with Gasteiger partial charge in [0.05, 0.1) is 16.5 Å². The van der Waals surface area contributed by atoms with Crippen LogP contribution in [0.2, 0.25) is 10.0 Å². The molecule has 2 N–H and O–H groups in total. The summed E-state index contributed by atoms with van der Waals surface area (Å²) in [6.45, 7) is 3.34. The van der Waals surface area contributed by atoms with Gasteiger partial charge in [-0.3, -0.25) is 4.79 Å². The summed E-state index contributed by atoms with van der Waals surface area (Å²) in [5.74, 6) is -0.577. The summed E-state index contributed by atoms with van der Waals surface area (Å²) in [6, 6.07) is 11.1.